The lowest BCUT2D eigenvalue weighted by Crippen LogP contribution is -2.18. The Labute approximate surface area is 123 Å². The summed E-state index contributed by atoms with van der Waals surface area (Å²) in [4.78, 5) is 13.3. The summed E-state index contributed by atoms with van der Waals surface area (Å²) in [6.07, 6.45) is 7.89. The number of rotatable bonds is 9. The molecular weight excluding hydrogens is 248 g/mol. The van der Waals surface area contributed by atoms with Crippen molar-refractivity contribution in [3.63, 3.8) is 0 Å². The van der Waals surface area contributed by atoms with Gasteiger partial charge in [-0.1, -0.05) is 45.1 Å². The van der Waals surface area contributed by atoms with Gasteiger partial charge in [0.25, 0.3) is 0 Å². The Balaban J connectivity index is 2.35. The summed E-state index contributed by atoms with van der Waals surface area (Å²) in [5.74, 6) is -0.0271. The summed E-state index contributed by atoms with van der Waals surface area (Å²) < 4.78 is 0. The maximum absolute atomic E-state index is 11.1. The van der Waals surface area contributed by atoms with Gasteiger partial charge >= 0.3 is 0 Å². The molecule has 0 radical (unpaired) electrons. The van der Waals surface area contributed by atoms with Crippen LogP contribution in [0, 0.1) is 0 Å². The predicted octanol–water partition coefficient (Wildman–Crippen LogP) is 4.44. The summed E-state index contributed by atoms with van der Waals surface area (Å²) in [6, 6.07) is 8.02. The van der Waals surface area contributed by atoms with Gasteiger partial charge < -0.3 is 10.2 Å². The fraction of sp³-hybridized carbons (Fsp3) is 0.588. The normalized spacial score (nSPS) is 10.3. The number of amides is 1. The average molecular weight is 276 g/mol. The van der Waals surface area contributed by atoms with Gasteiger partial charge in [-0.15, -0.1) is 0 Å². The first-order chi connectivity index (χ1) is 9.63. The van der Waals surface area contributed by atoms with Crippen molar-refractivity contribution in [3.8, 4) is 0 Å². The molecule has 3 nitrogen and oxygen atoms in total. The van der Waals surface area contributed by atoms with Crippen LogP contribution in [-0.4, -0.2) is 19.5 Å². The number of nitrogens with zero attached hydrogens (tertiary/aromatic N) is 1. The van der Waals surface area contributed by atoms with Gasteiger partial charge in [-0.25, -0.2) is 0 Å². The van der Waals surface area contributed by atoms with E-state index in [0.717, 1.165) is 17.9 Å². The third kappa shape index (κ3) is 6.60. The fourth-order valence-electron chi connectivity index (χ4n) is 2.28. The second kappa shape index (κ2) is 9.40. The van der Waals surface area contributed by atoms with E-state index >= 15 is 0 Å². The lowest BCUT2D eigenvalue weighted by Gasteiger charge is -2.20. The number of carbonyl (C=O) groups is 1. The van der Waals surface area contributed by atoms with Crippen molar-refractivity contribution in [2.75, 3.05) is 23.8 Å². The zero-order chi connectivity index (χ0) is 14.8. The molecule has 0 atom stereocenters. The van der Waals surface area contributed by atoms with Gasteiger partial charge in [-0.3, -0.25) is 4.79 Å². The molecule has 3 heteroatoms. The summed E-state index contributed by atoms with van der Waals surface area (Å²) in [5, 5.41) is 2.82. The number of hydrogen-bond acceptors (Lipinski definition) is 2. The lowest BCUT2D eigenvalue weighted by molar-refractivity contribution is -0.114. The minimum absolute atomic E-state index is 0.0271. The summed E-state index contributed by atoms with van der Waals surface area (Å²) in [7, 11) is 2.11. The topological polar surface area (TPSA) is 32.3 Å². The predicted molar refractivity (Wildman–Crippen MR) is 87.4 cm³/mol. The molecule has 0 spiro atoms. The highest BCUT2D eigenvalue weighted by Gasteiger charge is 2.02. The highest BCUT2D eigenvalue weighted by atomic mass is 16.1. The quantitative estimate of drug-likeness (QED) is 0.676. The number of hydrogen-bond donors (Lipinski definition) is 1. The molecule has 0 unspecified atom stereocenters. The van der Waals surface area contributed by atoms with Crippen molar-refractivity contribution < 1.29 is 4.79 Å². The van der Waals surface area contributed by atoms with Crippen molar-refractivity contribution in [1.29, 1.82) is 0 Å². The van der Waals surface area contributed by atoms with E-state index in [2.05, 4.69) is 30.3 Å². The summed E-state index contributed by atoms with van der Waals surface area (Å²) in [6.45, 7) is 4.85. The van der Waals surface area contributed by atoms with E-state index in [0.29, 0.717) is 0 Å². The monoisotopic (exact) mass is 276 g/mol. The van der Waals surface area contributed by atoms with Crippen molar-refractivity contribution in [2.45, 2.75) is 52.4 Å². The van der Waals surface area contributed by atoms with Gasteiger partial charge in [-0.2, -0.15) is 0 Å². The Hall–Kier alpha value is -1.51. The maximum Gasteiger partial charge on any atom is 0.221 e. The number of benzene rings is 1. The molecule has 0 aliphatic rings. The molecule has 0 aliphatic heterocycles. The minimum atomic E-state index is -0.0271. The molecule has 1 rings (SSSR count). The molecule has 1 N–H and O–H groups in total. The van der Waals surface area contributed by atoms with Crippen LogP contribution in [0.1, 0.15) is 52.4 Å². The van der Waals surface area contributed by atoms with Crippen LogP contribution in [0.5, 0.6) is 0 Å². The van der Waals surface area contributed by atoms with E-state index in [9.17, 15) is 4.79 Å². The molecule has 1 amide bonds. The van der Waals surface area contributed by atoms with E-state index in [1.165, 1.54) is 45.4 Å². The first-order valence-corrected chi connectivity index (χ1v) is 7.72. The minimum Gasteiger partial charge on any atom is -0.375 e. The second-order valence-electron chi connectivity index (χ2n) is 5.42. The van der Waals surface area contributed by atoms with Gasteiger partial charge in [0.1, 0.15) is 0 Å². The molecule has 0 saturated carbocycles. The molecule has 1 aromatic carbocycles. The van der Waals surface area contributed by atoms with Crippen LogP contribution in [0.4, 0.5) is 11.4 Å². The maximum atomic E-state index is 11.1. The molecule has 112 valence electrons. The first kappa shape index (κ1) is 16.5. The van der Waals surface area contributed by atoms with Gasteiger partial charge in [0.15, 0.2) is 0 Å². The van der Waals surface area contributed by atoms with Crippen LogP contribution in [-0.2, 0) is 4.79 Å². The molecule has 0 heterocycles. The Bertz CT molecular complexity index is 404. The Morgan fingerprint density at radius 1 is 1.15 bits per heavy atom. The largest absolute Gasteiger partial charge is 0.375 e. The van der Waals surface area contributed by atoms with E-state index in [1.54, 1.807) is 0 Å². The Kier molecular flexibility index (Phi) is 7.78. The van der Waals surface area contributed by atoms with Crippen molar-refractivity contribution >= 4 is 17.3 Å². The molecule has 0 aromatic heterocycles. The van der Waals surface area contributed by atoms with Crippen molar-refractivity contribution in [1.82, 2.24) is 0 Å². The zero-order valence-corrected chi connectivity index (χ0v) is 13.1. The smallest absolute Gasteiger partial charge is 0.221 e. The molecule has 0 bridgehead atoms. The zero-order valence-electron chi connectivity index (χ0n) is 13.1. The number of carbonyl (C=O) groups excluding carboxylic acids is 1. The third-order valence-corrected chi connectivity index (χ3v) is 3.45. The van der Waals surface area contributed by atoms with Crippen LogP contribution in [0.3, 0.4) is 0 Å². The standard InChI is InChI=1S/C17H28N2O/c1-4-5-6-7-8-9-13-19(3)17-12-10-11-16(14-17)18-15(2)20/h10-12,14H,4-9,13H2,1-3H3,(H,18,20). The van der Waals surface area contributed by atoms with Gasteiger partial charge in [0.05, 0.1) is 0 Å². The fourth-order valence-corrected chi connectivity index (χ4v) is 2.28. The number of anilines is 2. The second-order valence-corrected chi connectivity index (χ2v) is 5.42. The summed E-state index contributed by atoms with van der Waals surface area (Å²) >= 11 is 0. The van der Waals surface area contributed by atoms with Crippen LogP contribution in [0.25, 0.3) is 0 Å². The number of nitrogens with one attached hydrogen (secondary N) is 1. The average Bonchev–Trinajstić information content (AvgIpc) is 2.42. The lowest BCUT2D eigenvalue weighted by atomic mass is 10.1. The van der Waals surface area contributed by atoms with E-state index in [1.807, 2.05) is 18.2 Å². The van der Waals surface area contributed by atoms with Gasteiger partial charge in [-0.05, 0) is 24.6 Å². The molecular formula is C17H28N2O. The third-order valence-electron chi connectivity index (χ3n) is 3.45. The summed E-state index contributed by atoms with van der Waals surface area (Å²) in [5.41, 5.74) is 2.02. The SMILES string of the molecule is CCCCCCCCN(C)c1cccc(NC(C)=O)c1. The van der Waals surface area contributed by atoms with Crippen molar-refractivity contribution in [2.24, 2.45) is 0 Å². The van der Waals surface area contributed by atoms with Crippen LogP contribution in [0.2, 0.25) is 0 Å². The van der Waals surface area contributed by atoms with Crippen molar-refractivity contribution in [3.05, 3.63) is 24.3 Å². The number of unbranched alkanes of at least 4 members (excludes halogenated alkanes) is 5. The molecule has 0 aliphatic carbocycles. The van der Waals surface area contributed by atoms with Crippen LogP contribution < -0.4 is 10.2 Å². The van der Waals surface area contributed by atoms with Crippen LogP contribution in [0.15, 0.2) is 24.3 Å². The van der Waals surface area contributed by atoms with Gasteiger partial charge in [0.2, 0.25) is 5.91 Å². The molecule has 1 aromatic rings. The highest BCUT2D eigenvalue weighted by Crippen LogP contribution is 2.19. The molecule has 20 heavy (non-hydrogen) atoms. The van der Waals surface area contributed by atoms with E-state index in [4.69, 9.17) is 0 Å². The van der Waals surface area contributed by atoms with Gasteiger partial charge in [0, 0.05) is 31.9 Å². The van der Waals surface area contributed by atoms with E-state index in [-0.39, 0.29) is 5.91 Å². The Morgan fingerprint density at radius 2 is 1.85 bits per heavy atom. The first-order valence-electron chi connectivity index (χ1n) is 7.72. The molecule has 0 fully saturated rings. The Morgan fingerprint density at radius 3 is 2.55 bits per heavy atom. The van der Waals surface area contributed by atoms with E-state index < -0.39 is 0 Å². The molecule has 0 saturated heterocycles. The highest BCUT2D eigenvalue weighted by molar-refractivity contribution is 5.89. The van der Waals surface area contributed by atoms with Crippen LogP contribution >= 0.6 is 0 Å².